The number of amidine groups is 1. The first-order valence-corrected chi connectivity index (χ1v) is 4.80. The van der Waals surface area contributed by atoms with Crippen LogP contribution in [0.15, 0.2) is 23.4 Å². The number of hydrogen-bond acceptors (Lipinski definition) is 3. The number of anilines is 1. The van der Waals surface area contributed by atoms with E-state index in [9.17, 15) is 17.6 Å². The van der Waals surface area contributed by atoms with Gasteiger partial charge in [0.2, 0.25) is 0 Å². The van der Waals surface area contributed by atoms with Gasteiger partial charge in [-0.25, -0.2) is 4.39 Å². The first-order chi connectivity index (χ1) is 8.24. The average Bonchev–Trinajstić information content (AvgIpc) is 2.25. The number of halogens is 4. The molecule has 0 fully saturated rings. The molecule has 1 rings (SSSR count). The summed E-state index contributed by atoms with van der Waals surface area (Å²) in [5.41, 5.74) is 5.20. The predicted octanol–water partition coefficient (Wildman–Crippen LogP) is 1.92. The summed E-state index contributed by atoms with van der Waals surface area (Å²) in [6, 6.07) is 3.03. The lowest BCUT2D eigenvalue weighted by molar-refractivity contribution is -0.119. The van der Waals surface area contributed by atoms with Crippen LogP contribution in [0.5, 0.6) is 0 Å². The maximum absolute atomic E-state index is 13.0. The number of alkyl halides is 3. The highest BCUT2D eigenvalue weighted by molar-refractivity contribution is 6.02. The molecule has 18 heavy (non-hydrogen) atoms. The lowest BCUT2D eigenvalue weighted by Gasteiger charge is -2.23. The molecule has 0 heterocycles. The third-order valence-corrected chi connectivity index (χ3v) is 2.17. The first kappa shape index (κ1) is 14.1. The topological polar surface area (TPSA) is 61.8 Å². The Morgan fingerprint density at radius 2 is 2.06 bits per heavy atom. The van der Waals surface area contributed by atoms with Crippen molar-refractivity contribution in [2.75, 3.05) is 18.5 Å². The van der Waals surface area contributed by atoms with E-state index < -0.39 is 24.4 Å². The summed E-state index contributed by atoms with van der Waals surface area (Å²) in [6.07, 6.45) is -4.41. The van der Waals surface area contributed by atoms with Crippen LogP contribution in [0.25, 0.3) is 0 Å². The van der Waals surface area contributed by atoms with E-state index in [1.54, 1.807) is 0 Å². The zero-order valence-corrected chi connectivity index (χ0v) is 9.37. The summed E-state index contributed by atoms with van der Waals surface area (Å²) in [7, 11) is 1.18. The van der Waals surface area contributed by atoms with Gasteiger partial charge in [-0.05, 0) is 18.2 Å². The Bertz CT molecular complexity index is 459. The van der Waals surface area contributed by atoms with E-state index in [0.717, 1.165) is 23.1 Å². The van der Waals surface area contributed by atoms with Gasteiger partial charge in [-0.1, -0.05) is 5.16 Å². The highest BCUT2D eigenvalue weighted by Gasteiger charge is 2.30. The van der Waals surface area contributed by atoms with Crippen LogP contribution in [0.2, 0.25) is 0 Å². The minimum atomic E-state index is -4.41. The molecule has 0 spiro atoms. The van der Waals surface area contributed by atoms with Gasteiger partial charge in [0.25, 0.3) is 0 Å². The Balaban J connectivity index is 3.16. The third-order valence-electron chi connectivity index (χ3n) is 2.17. The molecule has 0 amide bonds. The molecule has 0 aliphatic carbocycles. The zero-order valence-electron chi connectivity index (χ0n) is 9.37. The van der Waals surface area contributed by atoms with Gasteiger partial charge in [0.05, 0.1) is 0 Å². The molecule has 0 saturated heterocycles. The molecule has 0 saturated carbocycles. The number of nitrogens with two attached hydrogens (primary N) is 1. The Morgan fingerprint density at radius 1 is 1.44 bits per heavy atom. The molecule has 0 aromatic heterocycles. The van der Waals surface area contributed by atoms with Gasteiger partial charge in [0.15, 0.2) is 5.84 Å². The number of oxime groups is 1. The second kappa shape index (κ2) is 5.11. The maximum atomic E-state index is 13.0. The van der Waals surface area contributed by atoms with Crippen molar-refractivity contribution in [1.29, 1.82) is 0 Å². The van der Waals surface area contributed by atoms with Crippen molar-refractivity contribution in [3.05, 3.63) is 29.6 Å². The van der Waals surface area contributed by atoms with E-state index in [4.69, 9.17) is 10.9 Å². The molecular weight excluding hydrogens is 254 g/mol. The van der Waals surface area contributed by atoms with Crippen molar-refractivity contribution in [3.8, 4) is 0 Å². The van der Waals surface area contributed by atoms with Crippen LogP contribution in [0.1, 0.15) is 5.56 Å². The second-order valence-electron chi connectivity index (χ2n) is 3.62. The molecule has 0 radical (unpaired) electrons. The van der Waals surface area contributed by atoms with Crippen LogP contribution in [0.4, 0.5) is 23.2 Å². The molecule has 0 atom stereocenters. The summed E-state index contributed by atoms with van der Waals surface area (Å²) >= 11 is 0. The summed E-state index contributed by atoms with van der Waals surface area (Å²) in [4.78, 5) is 0.840. The standard InChI is InChI=1S/C10H11F4N3O/c1-17(5-10(12,13)14)8-3-2-6(11)4-7(8)9(15)16-18/h2-4,18H,5H2,1H3,(H2,15,16). The quantitative estimate of drug-likeness (QED) is 0.288. The van der Waals surface area contributed by atoms with Crippen LogP contribution in [-0.4, -0.2) is 30.8 Å². The fourth-order valence-corrected chi connectivity index (χ4v) is 1.45. The summed E-state index contributed by atoms with van der Waals surface area (Å²) in [5, 5.41) is 11.2. The van der Waals surface area contributed by atoms with Crippen molar-refractivity contribution >= 4 is 11.5 Å². The molecule has 4 nitrogen and oxygen atoms in total. The molecule has 1 aromatic carbocycles. The monoisotopic (exact) mass is 265 g/mol. The van der Waals surface area contributed by atoms with E-state index in [-0.39, 0.29) is 11.3 Å². The van der Waals surface area contributed by atoms with Crippen molar-refractivity contribution in [2.45, 2.75) is 6.18 Å². The van der Waals surface area contributed by atoms with Gasteiger partial charge in [-0.2, -0.15) is 13.2 Å². The summed E-state index contributed by atoms with van der Waals surface area (Å²) in [6.45, 7) is -1.23. The van der Waals surface area contributed by atoms with E-state index >= 15 is 0 Å². The first-order valence-electron chi connectivity index (χ1n) is 4.80. The van der Waals surface area contributed by atoms with Crippen molar-refractivity contribution < 1.29 is 22.8 Å². The summed E-state index contributed by atoms with van der Waals surface area (Å²) < 4.78 is 49.8. The van der Waals surface area contributed by atoms with E-state index in [0.29, 0.717) is 0 Å². The highest BCUT2D eigenvalue weighted by Crippen LogP contribution is 2.24. The lowest BCUT2D eigenvalue weighted by Crippen LogP contribution is -2.32. The molecular formula is C10H11F4N3O. The Morgan fingerprint density at radius 3 is 2.56 bits per heavy atom. The van der Waals surface area contributed by atoms with Crippen LogP contribution < -0.4 is 10.6 Å². The Kier molecular flexibility index (Phi) is 4.00. The maximum Gasteiger partial charge on any atom is 0.405 e. The predicted molar refractivity (Wildman–Crippen MR) is 58.2 cm³/mol. The fraction of sp³-hybridized carbons (Fsp3) is 0.300. The second-order valence-corrected chi connectivity index (χ2v) is 3.62. The van der Waals surface area contributed by atoms with Crippen LogP contribution in [0.3, 0.4) is 0 Å². The van der Waals surface area contributed by atoms with Gasteiger partial charge in [0, 0.05) is 18.3 Å². The Hall–Kier alpha value is -1.99. The third kappa shape index (κ3) is 3.51. The van der Waals surface area contributed by atoms with Gasteiger partial charge < -0.3 is 15.8 Å². The zero-order chi connectivity index (χ0) is 13.9. The van der Waals surface area contributed by atoms with E-state index in [1.165, 1.54) is 7.05 Å². The fourth-order valence-electron chi connectivity index (χ4n) is 1.45. The van der Waals surface area contributed by atoms with Gasteiger partial charge in [-0.15, -0.1) is 0 Å². The lowest BCUT2D eigenvalue weighted by atomic mass is 10.1. The number of benzene rings is 1. The Labute approximate surface area is 100 Å². The SMILES string of the molecule is CN(CC(F)(F)F)c1ccc(F)cc1C(N)=NO. The molecule has 0 aliphatic rings. The van der Waals surface area contributed by atoms with Crippen LogP contribution in [0, 0.1) is 5.82 Å². The van der Waals surface area contributed by atoms with E-state index in [1.807, 2.05) is 0 Å². The van der Waals surface area contributed by atoms with Crippen molar-refractivity contribution in [1.82, 2.24) is 0 Å². The van der Waals surface area contributed by atoms with Crippen LogP contribution in [-0.2, 0) is 0 Å². The molecule has 0 bridgehead atoms. The van der Waals surface area contributed by atoms with Gasteiger partial charge >= 0.3 is 6.18 Å². The smallest absolute Gasteiger partial charge is 0.405 e. The minimum absolute atomic E-state index is 0.0176. The number of hydrogen-bond donors (Lipinski definition) is 2. The average molecular weight is 265 g/mol. The number of nitrogens with zero attached hydrogens (tertiary/aromatic N) is 2. The largest absolute Gasteiger partial charge is 0.409 e. The van der Waals surface area contributed by atoms with Crippen LogP contribution >= 0.6 is 0 Å². The van der Waals surface area contributed by atoms with Crippen molar-refractivity contribution in [2.24, 2.45) is 10.9 Å². The van der Waals surface area contributed by atoms with Gasteiger partial charge in [0.1, 0.15) is 12.4 Å². The van der Waals surface area contributed by atoms with Crippen molar-refractivity contribution in [3.63, 3.8) is 0 Å². The molecule has 8 heteroatoms. The molecule has 100 valence electrons. The van der Waals surface area contributed by atoms with Gasteiger partial charge in [-0.3, -0.25) is 0 Å². The normalized spacial score (nSPS) is 12.6. The summed E-state index contributed by atoms with van der Waals surface area (Å²) in [5.74, 6) is -1.15. The molecule has 3 N–H and O–H groups in total. The highest BCUT2D eigenvalue weighted by atomic mass is 19.4. The minimum Gasteiger partial charge on any atom is -0.409 e. The molecule has 0 unspecified atom stereocenters. The molecule has 0 aliphatic heterocycles. The molecule has 1 aromatic rings. The number of rotatable bonds is 3. The van der Waals surface area contributed by atoms with E-state index in [2.05, 4.69) is 5.16 Å².